The molecule has 23 heavy (non-hydrogen) atoms. The molecule has 2 atom stereocenters. The fourth-order valence-electron chi connectivity index (χ4n) is 3.89. The van der Waals surface area contributed by atoms with Gasteiger partial charge in [-0.05, 0) is 32.6 Å². The molecule has 2 unspecified atom stereocenters. The number of amides is 1. The molecule has 0 aromatic carbocycles. The molecule has 0 aromatic rings. The van der Waals surface area contributed by atoms with Crippen LogP contribution in [0.3, 0.4) is 0 Å². The summed E-state index contributed by atoms with van der Waals surface area (Å²) in [5.41, 5.74) is 5.48. The minimum absolute atomic E-state index is 0.203. The van der Waals surface area contributed by atoms with Gasteiger partial charge in [-0.15, -0.1) is 0 Å². The zero-order valence-electron chi connectivity index (χ0n) is 15.1. The third-order valence-corrected chi connectivity index (χ3v) is 5.15. The predicted molar refractivity (Wildman–Crippen MR) is 90.3 cm³/mol. The number of hydrogen-bond donors (Lipinski definition) is 2. The van der Waals surface area contributed by atoms with Crippen LogP contribution in [0.5, 0.6) is 0 Å². The van der Waals surface area contributed by atoms with E-state index in [4.69, 9.17) is 15.2 Å². The normalized spacial score (nSPS) is 27.5. The van der Waals surface area contributed by atoms with Crippen LogP contribution in [0.2, 0.25) is 0 Å². The molecule has 0 radical (unpaired) electrons. The third-order valence-electron chi connectivity index (χ3n) is 5.15. The molecule has 2 rings (SSSR count). The lowest BCUT2D eigenvalue weighted by Crippen LogP contribution is -2.64. The van der Waals surface area contributed by atoms with Crippen molar-refractivity contribution in [2.75, 3.05) is 45.9 Å². The van der Waals surface area contributed by atoms with Crippen molar-refractivity contribution in [3.63, 3.8) is 0 Å². The Morgan fingerprint density at radius 1 is 1.35 bits per heavy atom. The van der Waals surface area contributed by atoms with E-state index >= 15 is 0 Å². The van der Waals surface area contributed by atoms with E-state index in [9.17, 15) is 4.79 Å². The molecule has 2 aliphatic heterocycles. The number of likely N-dealkylation sites (tertiary alicyclic amines) is 1. The van der Waals surface area contributed by atoms with Crippen LogP contribution in [0, 0.1) is 17.3 Å². The van der Waals surface area contributed by atoms with E-state index in [2.05, 4.69) is 17.1 Å². The Balaban J connectivity index is 1.99. The van der Waals surface area contributed by atoms with Crippen molar-refractivity contribution < 1.29 is 14.3 Å². The van der Waals surface area contributed by atoms with E-state index in [1.807, 2.05) is 20.8 Å². The molecule has 2 heterocycles. The van der Waals surface area contributed by atoms with Crippen LogP contribution in [-0.2, 0) is 9.47 Å². The van der Waals surface area contributed by atoms with Crippen LogP contribution in [0.4, 0.5) is 4.79 Å². The van der Waals surface area contributed by atoms with Gasteiger partial charge in [-0.1, -0.05) is 13.3 Å². The monoisotopic (exact) mass is 327 g/mol. The van der Waals surface area contributed by atoms with E-state index in [0.29, 0.717) is 24.9 Å². The summed E-state index contributed by atoms with van der Waals surface area (Å²) < 4.78 is 10.9. The lowest BCUT2D eigenvalue weighted by atomic mass is 9.61. The van der Waals surface area contributed by atoms with Gasteiger partial charge in [0, 0.05) is 38.1 Å². The Morgan fingerprint density at radius 2 is 2.00 bits per heavy atom. The minimum atomic E-state index is -0.467. The molecule has 1 spiro atoms. The summed E-state index contributed by atoms with van der Waals surface area (Å²) in [6.45, 7) is 13.8. The van der Waals surface area contributed by atoms with Crippen molar-refractivity contribution in [3.05, 3.63) is 0 Å². The third kappa shape index (κ3) is 4.37. The summed E-state index contributed by atoms with van der Waals surface area (Å²) in [5, 5.41) is 2.96. The number of hydrogen-bond acceptors (Lipinski definition) is 5. The van der Waals surface area contributed by atoms with Crippen LogP contribution < -0.4 is 11.1 Å². The van der Waals surface area contributed by atoms with Crippen molar-refractivity contribution in [2.45, 2.75) is 39.7 Å². The summed E-state index contributed by atoms with van der Waals surface area (Å²) in [5.74, 6) is 0.982. The topological polar surface area (TPSA) is 76.8 Å². The van der Waals surface area contributed by atoms with Crippen LogP contribution in [0.15, 0.2) is 0 Å². The first kappa shape index (κ1) is 18.5. The maximum absolute atomic E-state index is 12.0. The molecule has 0 aromatic heterocycles. The van der Waals surface area contributed by atoms with Gasteiger partial charge in [0.1, 0.15) is 5.60 Å². The number of carbonyl (C=O) groups is 1. The number of nitrogens with one attached hydrogen (secondary N) is 1. The average Bonchev–Trinajstić information content (AvgIpc) is 2.41. The van der Waals surface area contributed by atoms with Crippen molar-refractivity contribution in [2.24, 2.45) is 23.0 Å². The van der Waals surface area contributed by atoms with Gasteiger partial charge in [-0.25, -0.2) is 4.79 Å². The number of alkyl carbamates (subject to hydrolysis) is 1. The molecule has 1 amide bonds. The number of piperidine rings is 1. The van der Waals surface area contributed by atoms with Gasteiger partial charge < -0.3 is 25.4 Å². The van der Waals surface area contributed by atoms with E-state index < -0.39 is 5.60 Å². The van der Waals surface area contributed by atoms with Gasteiger partial charge >= 0.3 is 6.09 Å². The lowest BCUT2D eigenvalue weighted by molar-refractivity contribution is -0.203. The molecule has 2 fully saturated rings. The minimum Gasteiger partial charge on any atom is -0.444 e. The number of nitrogens with two attached hydrogens (primary N) is 1. The average molecular weight is 327 g/mol. The van der Waals surface area contributed by atoms with Crippen LogP contribution >= 0.6 is 0 Å². The van der Waals surface area contributed by atoms with E-state index in [-0.39, 0.29) is 11.5 Å². The number of rotatable bonds is 5. The fourth-order valence-corrected chi connectivity index (χ4v) is 3.89. The smallest absolute Gasteiger partial charge is 0.407 e. The van der Waals surface area contributed by atoms with Gasteiger partial charge in [0.15, 0.2) is 0 Å². The number of nitrogens with zero attached hydrogens (tertiary/aromatic N) is 1. The van der Waals surface area contributed by atoms with Gasteiger partial charge in [0.25, 0.3) is 0 Å². The van der Waals surface area contributed by atoms with Gasteiger partial charge in [-0.3, -0.25) is 0 Å². The molecular formula is C17H33N3O3. The van der Waals surface area contributed by atoms with Crippen LogP contribution in [0.1, 0.15) is 34.1 Å². The van der Waals surface area contributed by atoms with Crippen molar-refractivity contribution in [1.29, 1.82) is 0 Å². The van der Waals surface area contributed by atoms with E-state index in [1.54, 1.807) is 0 Å². The summed E-state index contributed by atoms with van der Waals surface area (Å²) in [6, 6.07) is 0. The number of carbonyl (C=O) groups excluding carboxylic acids is 1. The van der Waals surface area contributed by atoms with Crippen molar-refractivity contribution in [1.82, 2.24) is 10.2 Å². The first-order valence-corrected chi connectivity index (χ1v) is 8.77. The molecule has 2 aliphatic rings. The quantitative estimate of drug-likeness (QED) is 0.799. The summed E-state index contributed by atoms with van der Waals surface area (Å²) in [4.78, 5) is 14.4. The van der Waals surface area contributed by atoms with Crippen LogP contribution in [-0.4, -0.2) is 62.5 Å². The Kier molecular flexibility index (Phi) is 5.92. The highest BCUT2D eigenvalue weighted by Gasteiger charge is 2.53. The molecule has 134 valence electrons. The Labute approximate surface area is 140 Å². The van der Waals surface area contributed by atoms with E-state index in [1.165, 1.54) is 0 Å². The van der Waals surface area contributed by atoms with Gasteiger partial charge in [0.2, 0.25) is 0 Å². The second-order valence-electron chi connectivity index (χ2n) is 7.96. The zero-order valence-corrected chi connectivity index (χ0v) is 15.1. The van der Waals surface area contributed by atoms with Crippen LogP contribution in [0.25, 0.3) is 0 Å². The summed E-state index contributed by atoms with van der Waals surface area (Å²) in [6.07, 6.45) is 0.796. The molecule has 6 nitrogen and oxygen atoms in total. The fraction of sp³-hybridized carbons (Fsp3) is 0.941. The Hall–Kier alpha value is -0.850. The molecule has 0 bridgehead atoms. The molecule has 6 heteroatoms. The Bertz CT molecular complexity index is 404. The van der Waals surface area contributed by atoms with Crippen molar-refractivity contribution in [3.8, 4) is 0 Å². The van der Waals surface area contributed by atoms with Crippen molar-refractivity contribution >= 4 is 6.09 Å². The second-order valence-corrected chi connectivity index (χ2v) is 7.96. The first-order chi connectivity index (χ1) is 10.8. The van der Waals surface area contributed by atoms with Gasteiger partial charge in [-0.2, -0.15) is 0 Å². The first-order valence-electron chi connectivity index (χ1n) is 8.77. The highest BCUT2D eigenvalue weighted by atomic mass is 16.6. The SMILES string of the molecule is CCC1CN(CCN)CC(CNC(=O)OC(C)(C)C)C12COC2. The highest BCUT2D eigenvalue weighted by Crippen LogP contribution is 2.47. The maximum Gasteiger partial charge on any atom is 0.407 e. The molecule has 0 aliphatic carbocycles. The van der Waals surface area contributed by atoms with E-state index in [0.717, 1.165) is 39.3 Å². The lowest BCUT2D eigenvalue weighted by Gasteiger charge is -2.57. The second kappa shape index (κ2) is 7.36. The van der Waals surface area contributed by atoms with Gasteiger partial charge in [0.05, 0.1) is 13.2 Å². The molecule has 0 saturated carbocycles. The largest absolute Gasteiger partial charge is 0.444 e. The summed E-state index contributed by atoms with van der Waals surface area (Å²) in [7, 11) is 0. The molecular weight excluding hydrogens is 294 g/mol. The zero-order chi connectivity index (χ0) is 17.1. The highest BCUT2D eigenvalue weighted by molar-refractivity contribution is 5.67. The summed E-state index contributed by atoms with van der Waals surface area (Å²) >= 11 is 0. The standard InChI is InChI=1S/C17H33N3O3/c1-5-13-9-20(7-6-18)10-14(17(13)11-22-12-17)8-19-15(21)23-16(2,3)4/h13-14H,5-12,18H2,1-4H3,(H,19,21). The number of ether oxygens (including phenoxy) is 2. The molecule has 2 saturated heterocycles. The molecule has 3 N–H and O–H groups in total. The predicted octanol–water partition coefficient (Wildman–Crippen LogP) is 1.44. The Morgan fingerprint density at radius 3 is 2.48 bits per heavy atom. The maximum atomic E-state index is 12.0.